The molecule has 1 N–H and O–H groups in total. The average Bonchev–Trinajstić information content (AvgIpc) is 3.05. The molecular weight excluding hydrogens is 307 g/mol. The number of aliphatic hydroxyl groups excluding tert-OH is 1. The van der Waals surface area contributed by atoms with Gasteiger partial charge in [-0.25, -0.2) is 0 Å². The van der Waals surface area contributed by atoms with Crippen LogP contribution in [0.5, 0.6) is 0 Å². The molecule has 3 rings (SSSR count). The third-order valence-corrected chi connectivity index (χ3v) is 4.29. The van der Waals surface area contributed by atoms with E-state index in [0.29, 0.717) is 19.5 Å². The van der Waals surface area contributed by atoms with Crippen LogP contribution >= 0.6 is 0 Å². The first-order valence-corrected chi connectivity index (χ1v) is 7.41. The van der Waals surface area contributed by atoms with E-state index in [-0.39, 0.29) is 5.56 Å². The van der Waals surface area contributed by atoms with Gasteiger partial charge in [-0.15, -0.1) is 0 Å². The molecule has 1 aliphatic heterocycles. The monoisotopic (exact) mass is 325 g/mol. The summed E-state index contributed by atoms with van der Waals surface area (Å²) in [5.41, 5.74) is 0.487. The van der Waals surface area contributed by atoms with Gasteiger partial charge >= 0.3 is 6.18 Å². The van der Waals surface area contributed by atoms with Crippen molar-refractivity contribution in [3.8, 4) is 0 Å². The van der Waals surface area contributed by atoms with Crippen molar-refractivity contribution in [3.63, 3.8) is 0 Å². The molecule has 7 heteroatoms. The molecule has 1 aliphatic rings. The molecule has 1 aromatic heterocycles. The van der Waals surface area contributed by atoms with E-state index in [1.807, 2.05) is 11.0 Å². The van der Waals surface area contributed by atoms with Gasteiger partial charge in [0.05, 0.1) is 17.4 Å². The van der Waals surface area contributed by atoms with Gasteiger partial charge in [0.1, 0.15) is 0 Å². The Labute approximate surface area is 132 Å². The summed E-state index contributed by atoms with van der Waals surface area (Å²) in [6.07, 6.45) is -3.08. The van der Waals surface area contributed by atoms with Crippen molar-refractivity contribution in [3.05, 3.63) is 53.3 Å². The van der Waals surface area contributed by atoms with E-state index in [1.165, 1.54) is 12.1 Å². The molecule has 0 spiro atoms. The summed E-state index contributed by atoms with van der Waals surface area (Å²) in [4.78, 5) is 1.88. The molecule has 124 valence electrons. The zero-order valence-corrected chi connectivity index (χ0v) is 12.7. The zero-order chi connectivity index (χ0) is 16.6. The molecular formula is C16H18F3N3O. The summed E-state index contributed by atoms with van der Waals surface area (Å²) in [7, 11) is 1.79. The SMILES string of the molecule is Cn1nccc1CN1CC(O)CC1c1ccccc1C(F)(F)F. The maximum Gasteiger partial charge on any atom is 0.416 e. The maximum atomic E-state index is 13.3. The first-order chi connectivity index (χ1) is 10.9. The Kier molecular flexibility index (Phi) is 4.16. The summed E-state index contributed by atoms with van der Waals surface area (Å²) in [5.74, 6) is 0. The van der Waals surface area contributed by atoms with Crippen LogP contribution in [-0.4, -0.2) is 32.4 Å². The van der Waals surface area contributed by atoms with E-state index in [2.05, 4.69) is 5.10 Å². The lowest BCUT2D eigenvalue weighted by atomic mass is 9.97. The van der Waals surface area contributed by atoms with E-state index in [4.69, 9.17) is 0 Å². The number of halogens is 3. The van der Waals surface area contributed by atoms with E-state index in [0.717, 1.165) is 11.8 Å². The molecule has 23 heavy (non-hydrogen) atoms. The molecule has 2 heterocycles. The van der Waals surface area contributed by atoms with Crippen molar-refractivity contribution in [2.24, 2.45) is 7.05 Å². The minimum Gasteiger partial charge on any atom is -0.392 e. The summed E-state index contributed by atoms with van der Waals surface area (Å²) >= 11 is 0. The van der Waals surface area contributed by atoms with Crippen LogP contribution in [-0.2, 0) is 19.8 Å². The first-order valence-electron chi connectivity index (χ1n) is 7.41. The van der Waals surface area contributed by atoms with Crippen LogP contribution in [0.15, 0.2) is 36.5 Å². The van der Waals surface area contributed by atoms with Crippen LogP contribution in [0.1, 0.15) is 29.3 Å². The minimum absolute atomic E-state index is 0.221. The molecule has 1 aromatic carbocycles. The summed E-state index contributed by atoms with van der Waals surface area (Å²) < 4.78 is 41.5. The van der Waals surface area contributed by atoms with Gasteiger partial charge in [-0.05, 0) is 24.1 Å². The Bertz CT molecular complexity index is 683. The smallest absolute Gasteiger partial charge is 0.392 e. The second kappa shape index (κ2) is 5.98. The van der Waals surface area contributed by atoms with Gasteiger partial charge in [-0.3, -0.25) is 9.58 Å². The molecule has 1 fully saturated rings. The Hall–Kier alpha value is -1.86. The fourth-order valence-corrected chi connectivity index (χ4v) is 3.19. The lowest BCUT2D eigenvalue weighted by Crippen LogP contribution is -2.27. The largest absolute Gasteiger partial charge is 0.416 e. The Balaban J connectivity index is 1.93. The van der Waals surface area contributed by atoms with Crippen LogP contribution in [0.3, 0.4) is 0 Å². The quantitative estimate of drug-likeness (QED) is 0.943. The number of nitrogens with zero attached hydrogens (tertiary/aromatic N) is 3. The van der Waals surface area contributed by atoms with E-state index in [9.17, 15) is 18.3 Å². The van der Waals surface area contributed by atoms with Gasteiger partial charge in [0.2, 0.25) is 0 Å². The molecule has 0 aliphatic carbocycles. The standard InChI is InChI=1S/C16H18F3N3O/c1-21-11(6-7-20-21)9-22-10-12(23)8-15(22)13-4-2-3-5-14(13)16(17,18)19/h2-7,12,15,23H,8-10H2,1H3. The van der Waals surface area contributed by atoms with Crippen molar-refractivity contribution in [2.45, 2.75) is 31.3 Å². The van der Waals surface area contributed by atoms with Crippen molar-refractivity contribution < 1.29 is 18.3 Å². The second-order valence-electron chi connectivity index (χ2n) is 5.87. The predicted molar refractivity (Wildman–Crippen MR) is 78.4 cm³/mol. The fourth-order valence-electron chi connectivity index (χ4n) is 3.19. The van der Waals surface area contributed by atoms with Crippen molar-refractivity contribution in [1.82, 2.24) is 14.7 Å². The van der Waals surface area contributed by atoms with Crippen LogP contribution in [0.2, 0.25) is 0 Å². The number of benzene rings is 1. The third kappa shape index (κ3) is 3.25. The molecule has 0 amide bonds. The Morgan fingerprint density at radius 1 is 1.26 bits per heavy atom. The number of alkyl halides is 3. The number of rotatable bonds is 3. The van der Waals surface area contributed by atoms with E-state index >= 15 is 0 Å². The van der Waals surface area contributed by atoms with Gasteiger partial charge in [0.15, 0.2) is 0 Å². The molecule has 0 radical (unpaired) electrons. The van der Waals surface area contributed by atoms with Gasteiger partial charge in [0.25, 0.3) is 0 Å². The highest BCUT2D eigenvalue weighted by molar-refractivity contribution is 5.33. The molecule has 0 bridgehead atoms. The lowest BCUT2D eigenvalue weighted by molar-refractivity contribution is -0.138. The molecule has 2 aromatic rings. The van der Waals surface area contributed by atoms with Crippen LogP contribution in [0.4, 0.5) is 13.2 Å². The van der Waals surface area contributed by atoms with Crippen LogP contribution in [0, 0.1) is 0 Å². The average molecular weight is 325 g/mol. The first kappa shape index (κ1) is 16.0. The number of hydrogen-bond acceptors (Lipinski definition) is 3. The number of β-amino-alcohol motifs (C(OH)–C–C–N with tert-alkyl or cyclic N) is 1. The summed E-state index contributed by atoms with van der Waals surface area (Å²) in [6, 6.07) is 6.97. The highest BCUT2D eigenvalue weighted by Gasteiger charge is 2.39. The lowest BCUT2D eigenvalue weighted by Gasteiger charge is -2.26. The molecule has 0 saturated carbocycles. The zero-order valence-electron chi connectivity index (χ0n) is 12.7. The maximum absolute atomic E-state index is 13.3. The van der Waals surface area contributed by atoms with Gasteiger partial charge in [-0.2, -0.15) is 18.3 Å². The minimum atomic E-state index is -4.40. The molecule has 1 saturated heterocycles. The molecule has 2 unspecified atom stereocenters. The van der Waals surface area contributed by atoms with Gasteiger partial charge in [0, 0.05) is 32.4 Å². The van der Waals surface area contributed by atoms with Crippen LogP contribution in [0.25, 0.3) is 0 Å². The highest BCUT2D eigenvalue weighted by Crippen LogP contribution is 2.40. The molecule has 2 atom stereocenters. The number of hydrogen-bond donors (Lipinski definition) is 1. The third-order valence-electron chi connectivity index (χ3n) is 4.29. The van der Waals surface area contributed by atoms with Crippen molar-refractivity contribution in [2.75, 3.05) is 6.54 Å². The number of aliphatic hydroxyl groups is 1. The van der Waals surface area contributed by atoms with Gasteiger partial charge < -0.3 is 5.11 Å². The summed E-state index contributed by atoms with van der Waals surface area (Å²) in [6.45, 7) is 0.798. The van der Waals surface area contributed by atoms with Crippen LogP contribution < -0.4 is 0 Å². The number of aryl methyl sites for hydroxylation is 1. The van der Waals surface area contributed by atoms with E-state index < -0.39 is 23.9 Å². The summed E-state index contributed by atoms with van der Waals surface area (Å²) in [5, 5.41) is 14.1. The number of likely N-dealkylation sites (tertiary alicyclic amines) is 1. The Morgan fingerprint density at radius 2 is 2.00 bits per heavy atom. The normalized spacial score (nSPS) is 22.7. The highest BCUT2D eigenvalue weighted by atomic mass is 19.4. The second-order valence-corrected chi connectivity index (χ2v) is 5.87. The topological polar surface area (TPSA) is 41.3 Å². The Morgan fingerprint density at radius 3 is 2.65 bits per heavy atom. The van der Waals surface area contributed by atoms with Crippen molar-refractivity contribution in [1.29, 1.82) is 0 Å². The fraction of sp³-hybridized carbons (Fsp3) is 0.438. The van der Waals surface area contributed by atoms with Gasteiger partial charge in [-0.1, -0.05) is 18.2 Å². The van der Waals surface area contributed by atoms with E-state index in [1.54, 1.807) is 24.0 Å². The number of aromatic nitrogens is 2. The van der Waals surface area contributed by atoms with Crippen molar-refractivity contribution >= 4 is 0 Å². The predicted octanol–water partition coefficient (Wildman–Crippen LogP) is 2.75. The molecule has 4 nitrogen and oxygen atoms in total.